The van der Waals surface area contributed by atoms with Crippen LogP contribution in [0, 0.1) is 13.8 Å². The molecular formula is C29H33N3O2. The first-order valence-electron chi connectivity index (χ1n) is 12.0. The molecule has 34 heavy (non-hydrogen) atoms. The summed E-state index contributed by atoms with van der Waals surface area (Å²) >= 11 is 0. The Bertz CT molecular complexity index is 1160. The quantitative estimate of drug-likeness (QED) is 0.457. The van der Waals surface area contributed by atoms with Crippen LogP contribution >= 0.6 is 0 Å². The Morgan fingerprint density at radius 1 is 0.971 bits per heavy atom. The van der Waals surface area contributed by atoms with Crippen molar-refractivity contribution in [1.82, 2.24) is 4.90 Å². The molecule has 1 fully saturated rings. The molecule has 176 valence electrons. The van der Waals surface area contributed by atoms with Gasteiger partial charge in [0.05, 0.1) is 5.92 Å². The van der Waals surface area contributed by atoms with E-state index in [9.17, 15) is 9.59 Å². The van der Waals surface area contributed by atoms with Gasteiger partial charge in [-0.2, -0.15) is 0 Å². The zero-order chi connectivity index (χ0) is 24.1. The van der Waals surface area contributed by atoms with Crippen molar-refractivity contribution in [3.63, 3.8) is 0 Å². The molecule has 1 aliphatic heterocycles. The van der Waals surface area contributed by atoms with Gasteiger partial charge in [-0.05, 0) is 61.6 Å². The molecule has 1 atom stereocenters. The molecule has 0 spiro atoms. The third-order valence-corrected chi connectivity index (χ3v) is 6.53. The van der Waals surface area contributed by atoms with Gasteiger partial charge in [-0.25, -0.2) is 4.79 Å². The second kappa shape index (κ2) is 10.6. The molecule has 0 aliphatic carbocycles. The number of carbonyl (C=O) groups is 2. The topological polar surface area (TPSA) is 52.7 Å². The van der Waals surface area contributed by atoms with Crippen LogP contribution in [0.15, 0.2) is 72.8 Å². The number of amides is 3. The van der Waals surface area contributed by atoms with Crippen molar-refractivity contribution in [2.24, 2.45) is 0 Å². The second-order valence-corrected chi connectivity index (χ2v) is 9.05. The number of hydrogen-bond acceptors (Lipinski definition) is 2. The van der Waals surface area contributed by atoms with Crippen molar-refractivity contribution < 1.29 is 9.59 Å². The van der Waals surface area contributed by atoms with Crippen LogP contribution in [0.3, 0.4) is 0 Å². The van der Waals surface area contributed by atoms with Crippen molar-refractivity contribution in [3.8, 4) is 0 Å². The molecule has 1 aliphatic rings. The number of aryl methyl sites for hydroxylation is 2. The monoisotopic (exact) mass is 455 g/mol. The largest absolute Gasteiger partial charge is 0.325 e. The standard InChI is InChI=1S/C29H33N3O2/c1-4-27(23-10-6-5-7-11-23)28(33)30-25-12-8-13-26(19-25)32-17-9-16-31(29(32)34)20-24-18-21(2)14-15-22(24)3/h5-8,10-15,18-19,27H,4,9,16-17,20H2,1-3H3,(H,30,33)/t27-/m1/s1. The molecule has 0 aromatic heterocycles. The van der Waals surface area contributed by atoms with E-state index in [-0.39, 0.29) is 17.9 Å². The van der Waals surface area contributed by atoms with Crippen molar-refractivity contribution in [2.75, 3.05) is 23.3 Å². The number of rotatable bonds is 7. The predicted molar refractivity (Wildman–Crippen MR) is 138 cm³/mol. The fourth-order valence-corrected chi connectivity index (χ4v) is 4.58. The first-order chi connectivity index (χ1) is 16.5. The summed E-state index contributed by atoms with van der Waals surface area (Å²) in [5.41, 5.74) is 6.10. The van der Waals surface area contributed by atoms with Crippen LogP contribution in [0.5, 0.6) is 0 Å². The molecule has 3 aromatic carbocycles. The van der Waals surface area contributed by atoms with Gasteiger partial charge in [0.25, 0.3) is 0 Å². The molecule has 0 unspecified atom stereocenters. The van der Waals surface area contributed by atoms with E-state index in [1.807, 2.05) is 71.3 Å². The minimum Gasteiger partial charge on any atom is -0.325 e. The molecule has 5 nitrogen and oxygen atoms in total. The van der Waals surface area contributed by atoms with Crippen LogP contribution in [0.25, 0.3) is 0 Å². The van der Waals surface area contributed by atoms with Crippen LogP contribution in [-0.2, 0) is 11.3 Å². The molecular weight excluding hydrogens is 422 g/mol. The maximum atomic E-state index is 13.4. The fraction of sp³-hybridized carbons (Fsp3) is 0.310. The van der Waals surface area contributed by atoms with Gasteiger partial charge in [0.1, 0.15) is 0 Å². The third kappa shape index (κ3) is 5.30. The van der Waals surface area contributed by atoms with E-state index in [2.05, 4.69) is 37.4 Å². The summed E-state index contributed by atoms with van der Waals surface area (Å²) in [7, 11) is 0. The summed E-state index contributed by atoms with van der Waals surface area (Å²) in [5, 5.41) is 3.06. The van der Waals surface area contributed by atoms with Gasteiger partial charge in [-0.3, -0.25) is 9.69 Å². The fourth-order valence-electron chi connectivity index (χ4n) is 4.58. The SMILES string of the molecule is CC[C@@H](C(=O)Nc1cccc(N2CCCN(Cc3cc(C)ccc3C)C2=O)c1)c1ccccc1. The Kier molecular flexibility index (Phi) is 7.31. The molecule has 5 heteroatoms. The highest BCUT2D eigenvalue weighted by Crippen LogP contribution is 2.27. The van der Waals surface area contributed by atoms with E-state index in [4.69, 9.17) is 0 Å². The van der Waals surface area contributed by atoms with Crippen LogP contribution in [0.4, 0.5) is 16.2 Å². The van der Waals surface area contributed by atoms with E-state index < -0.39 is 0 Å². The summed E-state index contributed by atoms with van der Waals surface area (Å²) in [6.07, 6.45) is 1.62. The van der Waals surface area contributed by atoms with E-state index in [0.29, 0.717) is 25.2 Å². The lowest BCUT2D eigenvalue weighted by atomic mass is 9.95. The van der Waals surface area contributed by atoms with E-state index in [0.717, 1.165) is 24.2 Å². The van der Waals surface area contributed by atoms with Crippen LogP contribution in [-0.4, -0.2) is 29.9 Å². The highest BCUT2D eigenvalue weighted by molar-refractivity contribution is 5.97. The molecule has 0 saturated carbocycles. The predicted octanol–water partition coefficient (Wildman–Crippen LogP) is 6.27. The Hall–Kier alpha value is -3.60. The van der Waals surface area contributed by atoms with Crippen LogP contribution < -0.4 is 10.2 Å². The number of anilines is 2. The molecule has 1 saturated heterocycles. The van der Waals surface area contributed by atoms with Crippen molar-refractivity contribution in [3.05, 3.63) is 95.1 Å². The van der Waals surface area contributed by atoms with Crippen molar-refractivity contribution >= 4 is 23.3 Å². The number of benzene rings is 3. The molecule has 3 amide bonds. The lowest BCUT2D eigenvalue weighted by Crippen LogP contribution is -2.49. The highest BCUT2D eigenvalue weighted by Gasteiger charge is 2.27. The summed E-state index contributed by atoms with van der Waals surface area (Å²) in [5.74, 6) is -0.248. The number of carbonyl (C=O) groups excluding carboxylic acids is 2. The summed E-state index contributed by atoms with van der Waals surface area (Å²) < 4.78 is 0. The minimum absolute atomic E-state index is 0.00588. The maximum Gasteiger partial charge on any atom is 0.324 e. The van der Waals surface area contributed by atoms with E-state index in [1.165, 1.54) is 16.7 Å². The molecule has 0 radical (unpaired) electrons. The lowest BCUT2D eigenvalue weighted by Gasteiger charge is -2.36. The maximum absolute atomic E-state index is 13.4. The summed E-state index contributed by atoms with van der Waals surface area (Å²) in [6, 6.07) is 23.8. The Labute approximate surface area is 202 Å². The van der Waals surface area contributed by atoms with Crippen LogP contribution in [0.2, 0.25) is 0 Å². The van der Waals surface area contributed by atoms with Gasteiger partial charge in [0.15, 0.2) is 0 Å². The second-order valence-electron chi connectivity index (χ2n) is 9.05. The summed E-state index contributed by atoms with van der Waals surface area (Å²) in [6.45, 7) is 8.20. The lowest BCUT2D eigenvalue weighted by molar-refractivity contribution is -0.117. The van der Waals surface area contributed by atoms with Gasteiger partial charge >= 0.3 is 6.03 Å². The third-order valence-electron chi connectivity index (χ3n) is 6.53. The highest BCUT2D eigenvalue weighted by atomic mass is 16.2. The zero-order valence-corrected chi connectivity index (χ0v) is 20.3. The average Bonchev–Trinajstić information content (AvgIpc) is 2.84. The van der Waals surface area contributed by atoms with Gasteiger partial charge in [-0.15, -0.1) is 0 Å². The zero-order valence-electron chi connectivity index (χ0n) is 20.3. The van der Waals surface area contributed by atoms with E-state index >= 15 is 0 Å². The smallest absolute Gasteiger partial charge is 0.324 e. The molecule has 1 heterocycles. The van der Waals surface area contributed by atoms with Gasteiger partial charge in [0.2, 0.25) is 5.91 Å². The van der Waals surface area contributed by atoms with E-state index in [1.54, 1.807) is 0 Å². The summed E-state index contributed by atoms with van der Waals surface area (Å²) in [4.78, 5) is 30.1. The Morgan fingerprint density at radius 2 is 1.76 bits per heavy atom. The number of nitrogens with zero attached hydrogens (tertiary/aromatic N) is 2. The minimum atomic E-state index is -0.213. The van der Waals surface area contributed by atoms with Crippen molar-refractivity contribution in [1.29, 1.82) is 0 Å². The number of hydrogen-bond donors (Lipinski definition) is 1. The van der Waals surface area contributed by atoms with Crippen molar-refractivity contribution in [2.45, 2.75) is 46.1 Å². The first kappa shape index (κ1) is 23.6. The number of nitrogens with one attached hydrogen (secondary N) is 1. The molecule has 4 rings (SSSR count). The van der Waals surface area contributed by atoms with Gasteiger partial charge < -0.3 is 10.2 Å². The molecule has 0 bridgehead atoms. The van der Waals surface area contributed by atoms with Gasteiger partial charge in [-0.1, -0.05) is 67.1 Å². The van der Waals surface area contributed by atoms with Gasteiger partial charge in [0, 0.05) is 31.0 Å². The molecule has 1 N–H and O–H groups in total. The Morgan fingerprint density at radius 3 is 2.53 bits per heavy atom. The van der Waals surface area contributed by atoms with Crippen LogP contribution in [0.1, 0.15) is 47.9 Å². The Balaban J connectivity index is 1.48. The average molecular weight is 456 g/mol. The normalized spacial score (nSPS) is 14.7. The number of urea groups is 1. The first-order valence-corrected chi connectivity index (χ1v) is 12.0. The molecule has 3 aromatic rings.